The zero-order valence-corrected chi connectivity index (χ0v) is 6.33. The van der Waals surface area contributed by atoms with E-state index in [1.165, 1.54) is 30.8 Å². The number of rotatable bonds is 0. The van der Waals surface area contributed by atoms with Crippen LogP contribution in [0.25, 0.3) is 0 Å². The highest BCUT2D eigenvalue weighted by Crippen LogP contribution is 2.47. The van der Waals surface area contributed by atoms with Crippen LogP contribution in [0.4, 0.5) is 5.82 Å². The van der Waals surface area contributed by atoms with E-state index in [1.54, 1.807) is 0 Å². The molecule has 0 aliphatic carbocycles. The third-order valence-electron chi connectivity index (χ3n) is 2.70. The molecule has 1 atom stereocenters. The SMILES string of the molecule is c1cnc2c(c1)C1CCCN21. The summed E-state index contributed by atoms with van der Waals surface area (Å²) in [6.45, 7) is 1.22. The molecule has 3 rings (SSSR count). The summed E-state index contributed by atoms with van der Waals surface area (Å²) in [5.74, 6) is 1.23. The lowest BCUT2D eigenvalue weighted by molar-refractivity contribution is 0.643. The maximum atomic E-state index is 4.33. The number of nitrogens with zero attached hydrogens (tertiary/aromatic N) is 2. The Morgan fingerprint density at radius 2 is 2.55 bits per heavy atom. The molecule has 0 saturated carbocycles. The van der Waals surface area contributed by atoms with E-state index in [0.29, 0.717) is 0 Å². The fourth-order valence-electron chi connectivity index (χ4n) is 2.19. The van der Waals surface area contributed by atoms with Gasteiger partial charge in [0, 0.05) is 18.3 Å². The first-order chi connectivity index (χ1) is 5.47. The predicted molar refractivity (Wildman–Crippen MR) is 43.6 cm³/mol. The Morgan fingerprint density at radius 3 is 3.55 bits per heavy atom. The van der Waals surface area contributed by atoms with Crippen LogP contribution >= 0.6 is 0 Å². The summed E-state index contributed by atoms with van der Waals surface area (Å²) in [5.41, 5.74) is 1.46. The van der Waals surface area contributed by atoms with Crippen LogP contribution in [0.5, 0.6) is 0 Å². The smallest absolute Gasteiger partial charge is 0.134 e. The molecule has 56 valence electrons. The average Bonchev–Trinajstić information content (AvgIpc) is 2.44. The number of hydrogen-bond donors (Lipinski definition) is 0. The van der Waals surface area contributed by atoms with Crippen LogP contribution in [0.2, 0.25) is 0 Å². The van der Waals surface area contributed by atoms with Crippen LogP contribution in [0.3, 0.4) is 0 Å². The van der Waals surface area contributed by atoms with Crippen molar-refractivity contribution in [2.24, 2.45) is 0 Å². The van der Waals surface area contributed by atoms with E-state index in [0.717, 1.165) is 6.04 Å². The van der Waals surface area contributed by atoms with Crippen molar-refractivity contribution < 1.29 is 0 Å². The van der Waals surface area contributed by atoms with Crippen molar-refractivity contribution in [3.05, 3.63) is 23.9 Å². The first-order valence-corrected chi connectivity index (χ1v) is 4.18. The van der Waals surface area contributed by atoms with Gasteiger partial charge in [-0.15, -0.1) is 0 Å². The van der Waals surface area contributed by atoms with E-state index < -0.39 is 0 Å². The Kier molecular flexibility index (Phi) is 0.891. The Morgan fingerprint density at radius 1 is 1.55 bits per heavy atom. The molecule has 11 heavy (non-hydrogen) atoms. The molecule has 1 unspecified atom stereocenters. The first kappa shape index (κ1) is 5.58. The van der Waals surface area contributed by atoms with E-state index in [-0.39, 0.29) is 0 Å². The number of fused-ring (bicyclic) bond motifs is 4. The van der Waals surface area contributed by atoms with E-state index in [4.69, 9.17) is 0 Å². The molecule has 0 aromatic carbocycles. The summed E-state index contributed by atoms with van der Waals surface area (Å²) in [6.07, 6.45) is 4.55. The summed E-state index contributed by atoms with van der Waals surface area (Å²) >= 11 is 0. The Balaban J connectivity index is 2.13. The van der Waals surface area contributed by atoms with Gasteiger partial charge >= 0.3 is 0 Å². The van der Waals surface area contributed by atoms with Gasteiger partial charge in [-0.1, -0.05) is 6.07 Å². The highest BCUT2D eigenvalue weighted by atomic mass is 15.3. The van der Waals surface area contributed by atoms with Crippen molar-refractivity contribution in [3.63, 3.8) is 0 Å². The van der Waals surface area contributed by atoms with E-state index in [1.807, 2.05) is 12.3 Å². The molecule has 3 heterocycles. The molecule has 0 spiro atoms. The summed E-state index contributed by atoms with van der Waals surface area (Å²) in [4.78, 5) is 6.75. The number of anilines is 1. The molecule has 1 aromatic rings. The molecule has 0 bridgehead atoms. The monoisotopic (exact) mass is 146 g/mol. The quantitative estimate of drug-likeness (QED) is 0.554. The maximum Gasteiger partial charge on any atom is 0.134 e. The molecule has 1 aromatic heterocycles. The van der Waals surface area contributed by atoms with Gasteiger partial charge < -0.3 is 4.90 Å². The van der Waals surface area contributed by atoms with Gasteiger partial charge in [-0.05, 0) is 18.9 Å². The maximum absolute atomic E-state index is 4.33. The Hall–Kier alpha value is -1.05. The third-order valence-corrected chi connectivity index (χ3v) is 2.70. The first-order valence-electron chi connectivity index (χ1n) is 4.18. The van der Waals surface area contributed by atoms with Gasteiger partial charge in [0.05, 0.1) is 6.04 Å². The predicted octanol–water partition coefficient (Wildman–Crippen LogP) is 1.74. The minimum Gasteiger partial charge on any atom is -0.349 e. The van der Waals surface area contributed by atoms with Gasteiger partial charge in [0.15, 0.2) is 0 Å². The van der Waals surface area contributed by atoms with Crippen LogP contribution in [-0.2, 0) is 0 Å². The van der Waals surface area contributed by atoms with Gasteiger partial charge in [-0.2, -0.15) is 0 Å². The molecular formula is C9H10N2. The normalized spacial score (nSPS) is 25.8. The fraction of sp³-hybridized carbons (Fsp3) is 0.444. The lowest BCUT2D eigenvalue weighted by atomic mass is 9.98. The number of aromatic nitrogens is 1. The van der Waals surface area contributed by atoms with Gasteiger partial charge in [0.25, 0.3) is 0 Å². The summed E-state index contributed by atoms with van der Waals surface area (Å²) in [5, 5.41) is 0. The molecule has 0 N–H and O–H groups in total. The van der Waals surface area contributed by atoms with Crippen molar-refractivity contribution in [1.29, 1.82) is 0 Å². The molecule has 2 nitrogen and oxygen atoms in total. The van der Waals surface area contributed by atoms with Gasteiger partial charge in [0.2, 0.25) is 0 Å². The van der Waals surface area contributed by atoms with Crippen molar-refractivity contribution in [2.75, 3.05) is 11.4 Å². The highest BCUT2D eigenvalue weighted by molar-refractivity contribution is 5.61. The lowest BCUT2D eigenvalue weighted by Gasteiger charge is -2.37. The zero-order chi connectivity index (χ0) is 7.26. The summed E-state index contributed by atoms with van der Waals surface area (Å²) in [7, 11) is 0. The van der Waals surface area contributed by atoms with Crippen LogP contribution in [-0.4, -0.2) is 11.5 Å². The van der Waals surface area contributed by atoms with Crippen molar-refractivity contribution in [1.82, 2.24) is 4.98 Å². The standard InChI is InChI=1S/C9H10N2/c1-3-7-8-4-2-6-11(8)9(7)10-5-1/h1,3,5,8H,2,4,6H2. The van der Waals surface area contributed by atoms with Gasteiger partial charge in [-0.25, -0.2) is 4.98 Å². The molecular weight excluding hydrogens is 136 g/mol. The van der Waals surface area contributed by atoms with E-state index >= 15 is 0 Å². The topological polar surface area (TPSA) is 16.1 Å². The second-order valence-electron chi connectivity index (χ2n) is 3.27. The van der Waals surface area contributed by atoms with Crippen molar-refractivity contribution in [2.45, 2.75) is 18.9 Å². The number of hydrogen-bond acceptors (Lipinski definition) is 2. The number of pyridine rings is 1. The second-order valence-corrected chi connectivity index (χ2v) is 3.27. The van der Waals surface area contributed by atoms with Gasteiger partial charge in [-0.3, -0.25) is 0 Å². The molecule has 0 amide bonds. The molecule has 2 heteroatoms. The van der Waals surface area contributed by atoms with Gasteiger partial charge in [0.1, 0.15) is 5.82 Å². The summed E-state index contributed by atoms with van der Waals surface area (Å²) < 4.78 is 0. The van der Waals surface area contributed by atoms with E-state index in [2.05, 4.69) is 16.0 Å². The summed E-state index contributed by atoms with van der Waals surface area (Å²) in [6, 6.07) is 4.96. The highest BCUT2D eigenvalue weighted by Gasteiger charge is 2.38. The molecule has 1 saturated heterocycles. The third kappa shape index (κ3) is 0.553. The second kappa shape index (κ2) is 1.76. The van der Waals surface area contributed by atoms with Crippen molar-refractivity contribution >= 4 is 5.82 Å². The molecule has 2 aliphatic heterocycles. The largest absolute Gasteiger partial charge is 0.349 e. The van der Waals surface area contributed by atoms with Crippen molar-refractivity contribution in [3.8, 4) is 0 Å². The lowest BCUT2D eigenvalue weighted by Crippen LogP contribution is -2.33. The van der Waals surface area contributed by atoms with Crippen LogP contribution in [0, 0.1) is 0 Å². The molecule has 2 aliphatic rings. The minimum absolute atomic E-state index is 0.721. The fourth-order valence-corrected chi connectivity index (χ4v) is 2.19. The Labute approximate surface area is 65.9 Å². The minimum atomic E-state index is 0.721. The van der Waals surface area contributed by atoms with E-state index in [9.17, 15) is 0 Å². The molecule has 0 radical (unpaired) electrons. The van der Waals surface area contributed by atoms with Crippen LogP contribution < -0.4 is 4.90 Å². The zero-order valence-electron chi connectivity index (χ0n) is 6.33. The Bertz CT molecular complexity index is 266. The van der Waals surface area contributed by atoms with Crippen LogP contribution in [0.15, 0.2) is 18.3 Å². The van der Waals surface area contributed by atoms with Crippen LogP contribution in [0.1, 0.15) is 24.4 Å². The molecule has 1 fully saturated rings. The average molecular weight is 146 g/mol.